The molecule has 1 aromatic rings. The summed E-state index contributed by atoms with van der Waals surface area (Å²) in [5.41, 5.74) is 1.21. The number of hydrogen-bond donors (Lipinski definition) is 1. The lowest BCUT2D eigenvalue weighted by Crippen LogP contribution is -2.56. The van der Waals surface area contributed by atoms with Gasteiger partial charge in [0.2, 0.25) is 0 Å². The second-order valence-corrected chi connectivity index (χ2v) is 5.28. The maximum absolute atomic E-state index is 11.9. The van der Waals surface area contributed by atoms with Crippen LogP contribution < -0.4 is 0 Å². The number of aliphatic carboxylic acids is 1. The van der Waals surface area contributed by atoms with Crippen LogP contribution in [0.3, 0.4) is 0 Å². The summed E-state index contributed by atoms with van der Waals surface area (Å²) < 4.78 is 1.55. The number of carboxylic acid groups (broad SMARTS) is 1. The Morgan fingerprint density at radius 1 is 1.67 bits per heavy atom. The summed E-state index contributed by atoms with van der Waals surface area (Å²) in [6.45, 7) is 0. The van der Waals surface area contributed by atoms with E-state index >= 15 is 0 Å². The minimum atomic E-state index is -0.947. The van der Waals surface area contributed by atoms with Crippen LogP contribution in [0.5, 0.6) is 0 Å². The van der Waals surface area contributed by atoms with E-state index in [4.69, 9.17) is 5.11 Å². The maximum Gasteiger partial charge on any atom is 0.327 e. The Kier molecular flexibility index (Phi) is 2.40. The zero-order valence-corrected chi connectivity index (χ0v) is 10.3. The van der Waals surface area contributed by atoms with Crippen molar-refractivity contribution in [3.05, 3.63) is 17.5 Å². The fourth-order valence-corrected chi connectivity index (χ4v) is 3.52. The van der Waals surface area contributed by atoms with E-state index in [0.29, 0.717) is 17.0 Å². The van der Waals surface area contributed by atoms with Crippen LogP contribution in [0.15, 0.2) is 11.8 Å². The van der Waals surface area contributed by atoms with Gasteiger partial charge >= 0.3 is 5.97 Å². The highest BCUT2D eigenvalue weighted by atomic mass is 32.2. The minimum absolute atomic E-state index is 0.152. The highest BCUT2D eigenvalue weighted by Gasteiger charge is 2.53. The molecule has 2 aliphatic rings. The van der Waals surface area contributed by atoms with E-state index in [2.05, 4.69) is 10.3 Å². The van der Waals surface area contributed by atoms with Crippen LogP contribution in [0.4, 0.5) is 0 Å². The molecule has 0 aliphatic carbocycles. The van der Waals surface area contributed by atoms with Crippen LogP contribution in [0.1, 0.15) is 5.69 Å². The van der Waals surface area contributed by atoms with Gasteiger partial charge in [0.1, 0.15) is 17.1 Å². The molecule has 1 N–H and O–H groups in total. The van der Waals surface area contributed by atoms with Crippen LogP contribution in [0, 0.1) is 0 Å². The first kappa shape index (κ1) is 11.3. The first-order valence-electron chi connectivity index (χ1n) is 5.33. The lowest BCUT2D eigenvalue weighted by Gasteiger charge is -2.38. The summed E-state index contributed by atoms with van der Waals surface area (Å²) >= 11 is 1.47. The topological polar surface area (TPSA) is 88.3 Å². The van der Waals surface area contributed by atoms with Gasteiger partial charge in [-0.05, 0) is 6.08 Å². The number of fused-ring (bicyclic) bond motifs is 1. The molecule has 8 heteroatoms. The largest absolute Gasteiger partial charge is 0.480 e. The minimum Gasteiger partial charge on any atom is -0.480 e. The first-order chi connectivity index (χ1) is 8.58. The molecular weight excluding hydrogens is 256 g/mol. The van der Waals surface area contributed by atoms with Crippen LogP contribution in [0.2, 0.25) is 0 Å². The Morgan fingerprint density at radius 3 is 3.06 bits per heavy atom. The lowest BCUT2D eigenvalue weighted by molar-refractivity contribution is -0.150. The highest BCUT2D eigenvalue weighted by molar-refractivity contribution is 8.00. The molecule has 18 heavy (non-hydrogen) atoms. The van der Waals surface area contributed by atoms with Crippen molar-refractivity contribution >= 4 is 29.7 Å². The van der Waals surface area contributed by atoms with Crippen molar-refractivity contribution in [2.24, 2.45) is 7.05 Å². The molecule has 3 rings (SSSR count). The Hall–Kier alpha value is -1.83. The molecular formula is C10H10N4O3S. The molecule has 7 nitrogen and oxygen atoms in total. The third-order valence-electron chi connectivity index (χ3n) is 2.96. The van der Waals surface area contributed by atoms with Crippen molar-refractivity contribution in [2.75, 3.05) is 5.75 Å². The molecule has 1 amide bonds. The number of carbonyl (C=O) groups excluding carboxylic acids is 1. The molecule has 0 bridgehead atoms. The number of aromatic nitrogens is 3. The van der Waals surface area contributed by atoms with Gasteiger partial charge in [0.25, 0.3) is 5.91 Å². The zero-order valence-electron chi connectivity index (χ0n) is 9.48. The molecule has 94 valence electrons. The number of carbonyl (C=O) groups is 2. The third kappa shape index (κ3) is 1.52. The van der Waals surface area contributed by atoms with E-state index in [9.17, 15) is 9.59 Å². The Morgan fingerprint density at radius 2 is 2.44 bits per heavy atom. The van der Waals surface area contributed by atoms with E-state index in [0.717, 1.165) is 0 Å². The standard InChI is InChI=1S/C10H10N4O3S/c1-13-3-5(11-12-13)2-6-8(15)14-7(10(16)17)4-18-9(6)14/h2-3,7,9H,4H2,1H3,(H,16,17)/t7?,9-/m1/s1. The SMILES string of the molecule is Cn1cc(C=C2C(=O)N3C(C(=O)O)CS[C@H]23)nn1. The predicted molar refractivity (Wildman–Crippen MR) is 63.5 cm³/mol. The quantitative estimate of drug-likeness (QED) is 0.577. The monoisotopic (exact) mass is 266 g/mol. The van der Waals surface area contributed by atoms with Crippen LogP contribution >= 0.6 is 11.8 Å². The van der Waals surface area contributed by atoms with Crippen molar-refractivity contribution in [1.29, 1.82) is 0 Å². The van der Waals surface area contributed by atoms with E-state index in [1.165, 1.54) is 16.7 Å². The summed E-state index contributed by atoms with van der Waals surface area (Å²) in [4.78, 5) is 24.3. The van der Waals surface area contributed by atoms with Gasteiger partial charge in [-0.2, -0.15) is 0 Å². The maximum atomic E-state index is 11.9. The number of rotatable bonds is 2. The van der Waals surface area contributed by atoms with Gasteiger partial charge in [0.05, 0.1) is 11.8 Å². The van der Waals surface area contributed by atoms with Gasteiger partial charge < -0.3 is 10.0 Å². The van der Waals surface area contributed by atoms with E-state index < -0.39 is 12.0 Å². The normalized spacial score (nSPS) is 28.4. The van der Waals surface area contributed by atoms with Gasteiger partial charge in [-0.15, -0.1) is 16.9 Å². The predicted octanol–water partition coefficient (Wildman–Crippen LogP) is -0.433. The molecule has 0 spiro atoms. The smallest absolute Gasteiger partial charge is 0.327 e. The van der Waals surface area contributed by atoms with Crippen molar-refractivity contribution in [2.45, 2.75) is 11.4 Å². The number of carboxylic acids is 1. The average molecular weight is 266 g/mol. The molecule has 0 saturated carbocycles. The molecule has 2 aliphatic heterocycles. The fourth-order valence-electron chi connectivity index (χ4n) is 2.10. The summed E-state index contributed by atoms with van der Waals surface area (Å²) in [6.07, 6.45) is 3.38. The summed E-state index contributed by atoms with van der Waals surface area (Å²) in [5.74, 6) is -0.733. The van der Waals surface area contributed by atoms with Gasteiger partial charge in [-0.3, -0.25) is 9.48 Å². The van der Waals surface area contributed by atoms with E-state index in [-0.39, 0.29) is 11.3 Å². The number of amides is 1. The first-order valence-corrected chi connectivity index (χ1v) is 6.38. The summed E-state index contributed by atoms with van der Waals surface area (Å²) in [7, 11) is 1.74. The van der Waals surface area contributed by atoms with Gasteiger partial charge in [-0.25, -0.2) is 4.79 Å². The van der Waals surface area contributed by atoms with Gasteiger partial charge in [-0.1, -0.05) is 5.21 Å². The van der Waals surface area contributed by atoms with Crippen LogP contribution in [-0.2, 0) is 16.6 Å². The number of hydrogen-bond acceptors (Lipinski definition) is 5. The number of nitrogens with zero attached hydrogens (tertiary/aromatic N) is 4. The average Bonchev–Trinajstić information content (AvgIpc) is 2.89. The lowest BCUT2D eigenvalue weighted by atomic mass is 10.0. The fraction of sp³-hybridized carbons (Fsp3) is 0.400. The van der Waals surface area contributed by atoms with Crippen LogP contribution in [0.25, 0.3) is 6.08 Å². The third-order valence-corrected chi connectivity index (χ3v) is 4.26. The summed E-state index contributed by atoms with van der Waals surface area (Å²) in [5, 5.41) is 16.5. The van der Waals surface area contributed by atoms with Crippen molar-refractivity contribution < 1.29 is 14.7 Å². The molecule has 0 radical (unpaired) electrons. The Balaban J connectivity index is 1.84. The highest BCUT2D eigenvalue weighted by Crippen LogP contribution is 2.43. The number of β-lactam (4-membered cyclic amide) rings is 1. The van der Waals surface area contributed by atoms with Crippen molar-refractivity contribution in [3.8, 4) is 0 Å². The zero-order chi connectivity index (χ0) is 12.9. The molecule has 1 aromatic heterocycles. The molecule has 2 atom stereocenters. The molecule has 3 heterocycles. The van der Waals surface area contributed by atoms with Gasteiger partial charge in [0.15, 0.2) is 0 Å². The second-order valence-electron chi connectivity index (χ2n) is 4.17. The Labute approximate surface area is 106 Å². The van der Waals surface area contributed by atoms with Crippen molar-refractivity contribution in [1.82, 2.24) is 19.9 Å². The van der Waals surface area contributed by atoms with Crippen molar-refractivity contribution in [3.63, 3.8) is 0 Å². The van der Waals surface area contributed by atoms with Gasteiger partial charge in [0, 0.05) is 12.8 Å². The Bertz CT molecular complexity index is 567. The second kappa shape index (κ2) is 3.84. The number of thioether (sulfide) groups is 1. The van der Waals surface area contributed by atoms with E-state index in [1.807, 2.05) is 0 Å². The molecule has 2 fully saturated rings. The van der Waals surface area contributed by atoms with Crippen LogP contribution in [-0.4, -0.2) is 54.0 Å². The number of aryl methyl sites for hydroxylation is 1. The molecule has 0 aromatic carbocycles. The summed E-state index contributed by atoms with van der Waals surface area (Å²) in [6, 6.07) is -0.702. The molecule has 2 saturated heterocycles. The van der Waals surface area contributed by atoms with E-state index in [1.54, 1.807) is 24.0 Å². The molecule has 1 unspecified atom stereocenters.